The average Bonchev–Trinajstić information content (AvgIpc) is 2.75. The Kier molecular flexibility index (Phi) is 9.04. The molecule has 1 aliphatic rings. The molecule has 1 atom stereocenters. The molecule has 0 saturated carbocycles. The zero-order chi connectivity index (χ0) is 21.3. The summed E-state index contributed by atoms with van der Waals surface area (Å²) in [7, 11) is 3.31. The van der Waals surface area contributed by atoms with Crippen LogP contribution < -0.4 is 20.1 Å². The Bertz CT molecular complexity index is 657. The maximum atomic E-state index is 5.46. The van der Waals surface area contributed by atoms with Gasteiger partial charge in [-0.3, -0.25) is 9.89 Å². The van der Waals surface area contributed by atoms with Crippen molar-refractivity contribution in [2.24, 2.45) is 4.99 Å². The normalized spacial score (nSPS) is 17.0. The molecule has 0 radical (unpaired) electrons. The van der Waals surface area contributed by atoms with E-state index in [2.05, 4.69) is 49.3 Å². The van der Waals surface area contributed by atoms with Gasteiger partial charge in [-0.15, -0.1) is 0 Å². The number of rotatable bonds is 9. The first-order valence-corrected chi connectivity index (χ1v) is 10.5. The van der Waals surface area contributed by atoms with Crippen LogP contribution in [0, 0.1) is 0 Å². The van der Waals surface area contributed by atoms with Gasteiger partial charge in [-0.1, -0.05) is 19.9 Å². The average molecular weight is 407 g/mol. The van der Waals surface area contributed by atoms with Crippen LogP contribution in [-0.4, -0.2) is 77.1 Å². The van der Waals surface area contributed by atoms with Crippen molar-refractivity contribution in [3.05, 3.63) is 23.8 Å². The fourth-order valence-corrected chi connectivity index (χ4v) is 3.36. The number of aliphatic imine (C=N–C) groups is 1. The molecule has 2 rings (SSSR count). The third-order valence-electron chi connectivity index (χ3n) is 5.38. The Morgan fingerprint density at radius 3 is 2.48 bits per heavy atom. The Morgan fingerprint density at radius 2 is 1.86 bits per heavy atom. The molecule has 7 nitrogen and oxygen atoms in total. The van der Waals surface area contributed by atoms with Gasteiger partial charge in [0.05, 0.1) is 34.0 Å². The zero-order valence-corrected chi connectivity index (χ0v) is 18.9. The third kappa shape index (κ3) is 6.78. The molecule has 0 amide bonds. The lowest BCUT2D eigenvalue weighted by atomic mass is 9.84. The van der Waals surface area contributed by atoms with Crippen molar-refractivity contribution in [1.82, 2.24) is 15.5 Å². The fourth-order valence-electron chi connectivity index (χ4n) is 3.36. The summed E-state index contributed by atoms with van der Waals surface area (Å²) in [4.78, 5) is 7.31. The first kappa shape index (κ1) is 23.3. The van der Waals surface area contributed by atoms with Crippen LogP contribution in [0.15, 0.2) is 23.2 Å². The van der Waals surface area contributed by atoms with Crippen LogP contribution >= 0.6 is 0 Å². The zero-order valence-electron chi connectivity index (χ0n) is 18.9. The third-order valence-corrected chi connectivity index (χ3v) is 5.38. The van der Waals surface area contributed by atoms with Gasteiger partial charge in [-0.05, 0) is 31.5 Å². The van der Waals surface area contributed by atoms with E-state index < -0.39 is 0 Å². The lowest BCUT2D eigenvalue weighted by Crippen LogP contribution is -2.49. The number of guanidine groups is 1. The molecule has 0 bridgehead atoms. The number of benzene rings is 1. The van der Waals surface area contributed by atoms with Gasteiger partial charge >= 0.3 is 0 Å². The predicted octanol–water partition coefficient (Wildman–Crippen LogP) is 2.26. The summed E-state index contributed by atoms with van der Waals surface area (Å²) in [6, 6.07) is 6.50. The van der Waals surface area contributed by atoms with Gasteiger partial charge < -0.3 is 24.8 Å². The summed E-state index contributed by atoms with van der Waals surface area (Å²) in [6.45, 7) is 14.7. The van der Waals surface area contributed by atoms with Crippen molar-refractivity contribution < 1.29 is 14.2 Å². The highest BCUT2D eigenvalue weighted by Gasteiger charge is 2.23. The van der Waals surface area contributed by atoms with Crippen molar-refractivity contribution in [2.45, 2.75) is 39.2 Å². The van der Waals surface area contributed by atoms with Crippen LogP contribution in [0.3, 0.4) is 0 Å². The summed E-state index contributed by atoms with van der Waals surface area (Å²) in [5.74, 6) is 2.33. The highest BCUT2D eigenvalue weighted by molar-refractivity contribution is 5.79. The van der Waals surface area contributed by atoms with Crippen LogP contribution in [0.4, 0.5) is 0 Å². The van der Waals surface area contributed by atoms with Crippen molar-refractivity contribution in [2.75, 3.05) is 60.2 Å². The second-order valence-corrected chi connectivity index (χ2v) is 8.03. The maximum Gasteiger partial charge on any atom is 0.191 e. The van der Waals surface area contributed by atoms with Crippen LogP contribution in [0.25, 0.3) is 0 Å². The van der Waals surface area contributed by atoms with E-state index in [1.807, 2.05) is 12.1 Å². The number of ether oxygens (including phenoxy) is 3. The Labute approximate surface area is 175 Å². The van der Waals surface area contributed by atoms with Gasteiger partial charge in [-0.25, -0.2) is 0 Å². The van der Waals surface area contributed by atoms with E-state index in [-0.39, 0.29) is 5.41 Å². The second-order valence-electron chi connectivity index (χ2n) is 8.03. The molecular formula is C22H38N4O3. The lowest BCUT2D eigenvalue weighted by Gasteiger charge is -2.32. The first-order valence-electron chi connectivity index (χ1n) is 10.5. The van der Waals surface area contributed by atoms with Gasteiger partial charge in [-0.2, -0.15) is 0 Å². The fraction of sp³-hybridized carbons (Fsp3) is 0.682. The Balaban J connectivity index is 2.01. The number of methoxy groups -OCH3 is 2. The van der Waals surface area contributed by atoms with Gasteiger partial charge in [0.25, 0.3) is 0 Å². The van der Waals surface area contributed by atoms with E-state index in [0.29, 0.717) is 12.6 Å². The Hall–Kier alpha value is -1.99. The minimum atomic E-state index is -0.141. The molecule has 1 aromatic carbocycles. The highest BCUT2D eigenvalue weighted by Crippen LogP contribution is 2.33. The van der Waals surface area contributed by atoms with E-state index in [9.17, 15) is 0 Å². The van der Waals surface area contributed by atoms with E-state index in [1.165, 1.54) is 0 Å². The van der Waals surface area contributed by atoms with Crippen LogP contribution in [-0.2, 0) is 10.2 Å². The standard InChI is InChI=1S/C22H38N4O3/c1-7-23-21(24-15-17(2)26-10-12-29-13-11-26)25-16-22(3,4)18-8-9-19(27-5)20(14-18)28-6/h8-9,14,17H,7,10-13,15-16H2,1-6H3,(H2,23,24,25). The molecule has 1 heterocycles. The highest BCUT2D eigenvalue weighted by atomic mass is 16.5. The molecular weight excluding hydrogens is 368 g/mol. The van der Waals surface area contributed by atoms with Gasteiger partial charge in [0, 0.05) is 37.6 Å². The summed E-state index contributed by atoms with van der Waals surface area (Å²) in [6.07, 6.45) is 0. The maximum absolute atomic E-state index is 5.46. The lowest BCUT2D eigenvalue weighted by molar-refractivity contribution is 0.0211. The minimum absolute atomic E-state index is 0.141. The number of nitrogens with zero attached hydrogens (tertiary/aromatic N) is 2. The van der Waals surface area contributed by atoms with Crippen LogP contribution in [0.5, 0.6) is 11.5 Å². The molecule has 1 aromatic rings. The van der Waals surface area contributed by atoms with Crippen LogP contribution in [0.2, 0.25) is 0 Å². The number of hydrogen-bond donors (Lipinski definition) is 2. The molecule has 1 aliphatic heterocycles. The van der Waals surface area contributed by atoms with E-state index >= 15 is 0 Å². The summed E-state index contributed by atoms with van der Waals surface area (Å²) >= 11 is 0. The summed E-state index contributed by atoms with van der Waals surface area (Å²) in [5, 5.41) is 6.85. The molecule has 1 saturated heterocycles. The molecule has 0 aromatic heterocycles. The molecule has 164 valence electrons. The van der Waals surface area contributed by atoms with Crippen LogP contribution in [0.1, 0.15) is 33.3 Å². The van der Waals surface area contributed by atoms with E-state index in [1.54, 1.807) is 14.2 Å². The molecule has 0 spiro atoms. The minimum Gasteiger partial charge on any atom is -0.493 e. The van der Waals surface area contributed by atoms with Gasteiger partial charge in [0.2, 0.25) is 0 Å². The summed E-state index contributed by atoms with van der Waals surface area (Å²) < 4.78 is 16.3. The molecule has 7 heteroatoms. The second kappa shape index (κ2) is 11.3. The van der Waals surface area contributed by atoms with Crippen molar-refractivity contribution >= 4 is 5.96 Å². The van der Waals surface area contributed by atoms with Crippen molar-refractivity contribution in [1.29, 1.82) is 0 Å². The number of nitrogens with one attached hydrogen (secondary N) is 2. The molecule has 29 heavy (non-hydrogen) atoms. The quantitative estimate of drug-likeness (QED) is 0.484. The molecule has 1 fully saturated rings. The Morgan fingerprint density at radius 1 is 1.17 bits per heavy atom. The SMILES string of the molecule is CCNC(=NCC(C)(C)c1ccc(OC)c(OC)c1)NCC(C)N1CCOCC1. The predicted molar refractivity (Wildman–Crippen MR) is 118 cm³/mol. The smallest absolute Gasteiger partial charge is 0.191 e. The van der Waals surface area contributed by atoms with E-state index in [4.69, 9.17) is 19.2 Å². The largest absolute Gasteiger partial charge is 0.493 e. The molecule has 1 unspecified atom stereocenters. The van der Waals surface area contributed by atoms with E-state index in [0.717, 1.165) is 62.4 Å². The topological polar surface area (TPSA) is 67.4 Å². The van der Waals surface area contributed by atoms with Crippen molar-refractivity contribution in [3.63, 3.8) is 0 Å². The summed E-state index contributed by atoms with van der Waals surface area (Å²) in [5.41, 5.74) is 1.02. The number of hydrogen-bond acceptors (Lipinski definition) is 5. The monoisotopic (exact) mass is 406 g/mol. The molecule has 0 aliphatic carbocycles. The molecule has 2 N–H and O–H groups in total. The van der Waals surface area contributed by atoms with Gasteiger partial charge in [0.15, 0.2) is 17.5 Å². The first-order chi connectivity index (χ1) is 13.9. The number of morpholine rings is 1. The van der Waals surface area contributed by atoms with Gasteiger partial charge in [0.1, 0.15) is 0 Å². The van der Waals surface area contributed by atoms with Crippen molar-refractivity contribution in [3.8, 4) is 11.5 Å².